The summed E-state index contributed by atoms with van der Waals surface area (Å²) in [5.41, 5.74) is 0. The van der Waals surface area contributed by atoms with Gasteiger partial charge >= 0.3 is 17.9 Å². The number of aliphatic carboxylic acids is 1. The van der Waals surface area contributed by atoms with Gasteiger partial charge in [-0.05, 0) is 57.8 Å². The standard InChI is InChI=1S/C37H61NO7/c1-6-8-10-12-14-15-16-17-18-19-20-22-23-25-27-35(39)44-32-33(31-43-30-29-34(37(41)42)38(3,4)5)45-36(40)28-26-24-21-13-11-9-7-2/h8-11,14-15,17-18,21,24,33-34H,6-7,12-13,16,19-20,22-23,25-32H2,1-5H3/p+1/b10-8+,11-9+,15-14+,18-17+,24-21+. The van der Waals surface area contributed by atoms with Crippen LogP contribution in [0.25, 0.3) is 0 Å². The van der Waals surface area contributed by atoms with Crippen LogP contribution in [0.4, 0.5) is 0 Å². The predicted octanol–water partition coefficient (Wildman–Crippen LogP) is 7.90. The number of ether oxygens (including phenoxy) is 3. The molecular formula is C37H62NO7+. The highest BCUT2D eigenvalue weighted by atomic mass is 16.6. The topological polar surface area (TPSA) is 99.1 Å². The normalized spacial score (nSPS) is 13.9. The van der Waals surface area contributed by atoms with Gasteiger partial charge in [-0.3, -0.25) is 9.59 Å². The van der Waals surface area contributed by atoms with Crippen molar-refractivity contribution in [1.29, 1.82) is 0 Å². The third-order valence-electron chi connectivity index (χ3n) is 6.93. The van der Waals surface area contributed by atoms with Gasteiger partial charge in [-0.2, -0.15) is 0 Å². The van der Waals surface area contributed by atoms with E-state index < -0.39 is 24.1 Å². The summed E-state index contributed by atoms with van der Waals surface area (Å²) in [6.45, 7) is 4.34. The van der Waals surface area contributed by atoms with E-state index in [0.29, 0.717) is 19.3 Å². The molecule has 2 unspecified atom stereocenters. The van der Waals surface area contributed by atoms with E-state index in [-0.39, 0.29) is 36.7 Å². The van der Waals surface area contributed by atoms with Gasteiger partial charge in [0.15, 0.2) is 12.1 Å². The number of unbranched alkanes of at least 4 members (excludes halogenated alkanes) is 4. The molecule has 0 radical (unpaired) electrons. The van der Waals surface area contributed by atoms with Crippen molar-refractivity contribution >= 4 is 17.9 Å². The first kappa shape index (κ1) is 42.0. The van der Waals surface area contributed by atoms with Crippen LogP contribution in [0.5, 0.6) is 0 Å². The number of hydrogen-bond donors (Lipinski definition) is 1. The molecular weight excluding hydrogens is 570 g/mol. The molecule has 0 bridgehead atoms. The molecule has 45 heavy (non-hydrogen) atoms. The van der Waals surface area contributed by atoms with Crippen LogP contribution in [-0.2, 0) is 28.6 Å². The van der Waals surface area contributed by atoms with Gasteiger partial charge < -0.3 is 23.8 Å². The first-order valence-electron chi connectivity index (χ1n) is 16.8. The summed E-state index contributed by atoms with van der Waals surface area (Å²) in [5.74, 6) is -1.61. The summed E-state index contributed by atoms with van der Waals surface area (Å²) in [4.78, 5) is 36.4. The highest BCUT2D eigenvalue weighted by molar-refractivity contribution is 5.72. The molecule has 0 aromatic heterocycles. The molecule has 0 aliphatic rings. The fourth-order valence-electron chi connectivity index (χ4n) is 4.34. The number of carbonyl (C=O) groups is 3. The van der Waals surface area contributed by atoms with Crippen LogP contribution in [0.3, 0.4) is 0 Å². The Balaban J connectivity index is 4.51. The SMILES string of the molecule is CC/C=C/C/C=C/C/C=C/CCCCCCC(=O)OCC(COCCC(C(=O)O)[N+](C)(C)C)OC(=O)CC/C=C/C/C=C/CC. The van der Waals surface area contributed by atoms with Gasteiger partial charge in [-0.25, -0.2) is 4.79 Å². The number of likely N-dealkylation sites (N-methyl/N-ethyl adjacent to an activating group) is 1. The number of rotatable bonds is 28. The van der Waals surface area contributed by atoms with Crippen LogP contribution in [0.2, 0.25) is 0 Å². The molecule has 256 valence electrons. The van der Waals surface area contributed by atoms with Gasteiger partial charge in [0.2, 0.25) is 0 Å². The van der Waals surface area contributed by atoms with Crippen molar-refractivity contribution < 1.29 is 38.2 Å². The molecule has 0 spiro atoms. The van der Waals surface area contributed by atoms with Crippen LogP contribution >= 0.6 is 0 Å². The molecule has 8 nitrogen and oxygen atoms in total. The van der Waals surface area contributed by atoms with Gasteiger partial charge in [-0.1, -0.05) is 87.4 Å². The zero-order valence-electron chi connectivity index (χ0n) is 28.8. The molecule has 8 heteroatoms. The number of carboxylic acid groups (broad SMARTS) is 1. The summed E-state index contributed by atoms with van der Waals surface area (Å²) in [5, 5.41) is 9.53. The number of esters is 2. The zero-order valence-corrected chi connectivity index (χ0v) is 28.8. The number of quaternary nitrogens is 1. The molecule has 0 aromatic rings. The van der Waals surface area contributed by atoms with Crippen molar-refractivity contribution in [3.63, 3.8) is 0 Å². The Morgan fingerprint density at radius 3 is 1.80 bits per heavy atom. The lowest BCUT2D eigenvalue weighted by atomic mass is 10.1. The molecule has 0 saturated carbocycles. The van der Waals surface area contributed by atoms with Gasteiger partial charge in [0.05, 0.1) is 34.4 Å². The van der Waals surface area contributed by atoms with Crippen molar-refractivity contribution in [2.75, 3.05) is 41.0 Å². The van der Waals surface area contributed by atoms with E-state index in [0.717, 1.165) is 64.2 Å². The predicted molar refractivity (Wildman–Crippen MR) is 183 cm³/mol. The Morgan fingerprint density at radius 2 is 1.22 bits per heavy atom. The minimum Gasteiger partial charge on any atom is -0.477 e. The van der Waals surface area contributed by atoms with Crippen LogP contribution in [0.15, 0.2) is 60.8 Å². The molecule has 0 aromatic carbocycles. The van der Waals surface area contributed by atoms with E-state index in [1.54, 1.807) is 0 Å². The van der Waals surface area contributed by atoms with E-state index >= 15 is 0 Å². The van der Waals surface area contributed by atoms with Crippen molar-refractivity contribution in [2.45, 2.75) is 116 Å². The van der Waals surface area contributed by atoms with Gasteiger partial charge in [-0.15, -0.1) is 0 Å². The van der Waals surface area contributed by atoms with Gasteiger partial charge in [0.25, 0.3) is 0 Å². The molecule has 0 aliphatic carbocycles. The maximum atomic E-state index is 12.5. The molecule has 2 atom stereocenters. The lowest BCUT2D eigenvalue weighted by Gasteiger charge is -2.31. The number of nitrogens with zero attached hydrogens (tertiary/aromatic N) is 1. The smallest absolute Gasteiger partial charge is 0.362 e. The quantitative estimate of drug-likeness (QED) is 0.0405. The van der Waals surface area contributed by atoms with E-state index in [1.165, 1.54) is 0 Å². The van der Waals surface area contributed by atoms with Gasteiger partial charge in [0.1, 0.15) is 6.61 Å². The van der Waals surface area contributed by atoms with E-state index in [9.17, 15) is 19.5 Å². The fourth-order valence-corrected chi connectivity index (χ4v) is 4.34. The summed E-state index contributed by atoms with van der Waals surface area (Å²) in [6.07, 6.45) is 31.6. The van der Waals surface area contributed by atoms with Crippen LogP contribution in [0.1, 0.15) is 104 Å². The van der Waals surface area contributed by atoms with E-state index in [1.807, 2.05) is 33.3 Å². The monoisotopic (exact) mass is 632 g/mol. The average molecular weight is 633 g/mol. The van der Waals surface area contributed by atoms with E-state index in [4.69, 9.17) is 14.2 Å². The largest absolute Gasteiger partial charge is 0.477 e. The summed E-state index contributed by atoms with van der Waals surface area (Å²) >= 11 is 0. The molecule has 0 heterocycles. The number of hydrogen-bond acceptors (Lipinski definition) is 6. The second kappa shape index (κ2) is 28.5. The number of carboxylic acids is 1. The van der Waals surface area contributed by atoms with Crippen molar-refractivity contribution in [1.82, 2.24) is 0 Å². The second-order valence-electron chi connectivity index (χ2n) is 12.0. The fraction of sp³-hybridized carbons (Fsp3) is 0.649. The molecule has 0 fully saturated rings. The third-order valence-corrected chi connectivity index (χ3v) is 6.93. The summed E-state index contributed by atoms with van der Waals surface area (Å²) < 4.78 is 17.0. The number of carbonyl (C=O) groups excluding carboxylic acids is 2. The average Bonchev–Trinajstić information content (AvgIpc) is 2.98. The minimum atomic E-state index is -0.892. The Morgan fingerprint density at radius 1 is 0.667 bits per heavy atom. The molecule has 0 saturated heterocycles. The molecule has 0 aliphatic heterocycles. The lowest BCUT2D eigenvalue weighted by molar-refractivity contribution is -0.887. The van der Waals surface area contributed by atoms with Crippen molar-refractivity contribution in [3.05, 3.63) is 60.8 Å². The highest BCUT2D eigenvalue weighted by Gasteiger charge is 2.31. The van der Waals surface area contributed by atoms with Crippen LogP contribution < -0.4 is 0 Å². The minimum absolute atomic E-state index is 0.0272. The Labute approximate surface area is 273 Å². The van der Waals surface area contributed by atoms with Crippen LogP contribution in [0, 0.1) is 0 Å². The van der Waals surface area contributed by atoms with Gasteiger partial charge in [0, 0.05) is 19.3 Å². The number of allylic oxidation sites excluding steroid dienone is 10. The molecule has 0 rings (SSSR count). The summed E-state index contributed by atoms with van der Waals surface area (Å²) in [7, 11) is 5.47. The highest BCUT2D eigenvalue weighted by Crippen LogP contribution is 2.11. The van der Waals surface area contributed by atoms with Crippen molar-refractivity contribution in [3.8, 4) is 0 Å². The zero-order chi connectivity index (χ0) is 33.6. The first-order valence-corrected chi connectivity index (χ1v) is 16.8. The molecule has 0 amide bonds. The maximum Gasteiger partial charge on any atom is 0.362 e. The molecule has 1 N–H and O–H groups in total. The first-order chi connectivity index (χ1) is 21.6. The Kier molecular flexibility index (Phi) is 26.6. The van der Waals surface area contributed by atoms with Crippen LogP contribution in [-0.4, -0.2) is 80.6 Å². The van der Waals surface area contributed by atoms with Crippen molar-refractivity contribution in [2.24, 2.45) is 0 Å². The second-order valence-corrected chi connectivity index (χ2v) is 12.0. The lowest BCUT2D eigenvalue weighted by Crippen LogP contribution is -2.50. The maximum absolute atomic E-state index is 12.5. The Hall–Kier alpha value is -2.97. The van der Waals surface area contributed by atoms with E-state index in [2.05, 4.69) is 62.5 Å². The third kappa shape index (κ3) is 27.1. The Bertz CT molecular complexity index is 928. The summed E-state index contributed by atoms with van der Waals surface area (Å²) in [6, 6.07) is -0.626.